The molecule has 20 heavy (non-hydrogen) atoms. The van der Waals surface area contributed by atoms with E-state index in [0.717, 1.165) is 34.1 Å². The Labute approximate surface area is 124 Å². The first kappa shape index (κ1) is 14.7. The molecule has 0 saturated carbocycles. The smallest absolute Gasteiger partial charge is 0.127 e. The van der Waals surface area contributed by atoms with Gasteiger partial charge in [0.1, 0.15) is 11.5 Å². The molecule has 3 nitrogen and oxygen atoms in total. The molecular formula is C16H18ClNO2. The fourth-order valence-corrected chi connectivity index (χ4v) is 2.24. The zero-order valence-corrected chi connectivity index (χ0v) is 12.4. The molecule has 0 saturated heterocycles. The molecule has 0 fully saturated rings. The predicted molar refractivity (Wildman–Crippen MR) is 81.6 cm³/mol. The van der Waals surface area contributed by atoms with Gasteiger partial charge >= 0.3 is 0 Å². The maximum atomic E-state index is 6.28. The van der Waals surface area contributed by atoms with Crippen LogP contribution in [0.3, 0.4) is 0 Å². The van der Waals surface area contributed by atoms with Crippen molar-refractivity contribution in [2.45, 2.75) is 12.5 Å². The maximum absolute atomic E-state index is 6.28. The van der Waals surface area contributed by atoms with E-state index in [2.05, 4.69) is 0 Å². The minimum atomic E-state index is -0.142. The molecule has 2 N–H and O–H groups in total. The largest absolute Gasteiger partial charge is 0.497 e. The van der Waals surface area contributed by atoms with Crippen molar-refractivity contribution in [3.05, 3.63) is 58.6 Å². The second-order valence-electron chi connectivity index (χ2n) is 4.54. The van der Waals surface area contributed by atoms with Crippen molar-refractivity contribution >= 4 is 11.6 Å². The molecule has 1 atom stereocenters. The third kappa shape index (κ3) is 3.44. The molecule has 0 bridgehead atoms. The second kappa shape index (κ2) is 6.64. The lowest BCUT2D eigenvalue weighted by molar-refractivity contribution is 0.388. The summed E-state index contributed by atoms with van der Waals surface area (Å²) in [6.07, 6.45) is 0.722. The van der Waals surface area contributed by atoms with E-state index in [0.29, 0.717) is 0 Å². The average molecular weight is 292 g/mol. The lowest BCUT2D eigenvalue weighted by Gasteiger charge is -2.16. The number of methoxy groups -OCH3 is 2. The second-order valence-corrected chi connectivity index (χ2v) is 4.98. The molecule has 1 unspecified atom stereocenters. The van der Waals surface area contributed by atoms with Crippen LogP contribution in [0.1, 0.15) is 17.2 Å². The number of halogens is 1. The first-order valence-corrected chi connectivity index (χ1v) is 6.73. The van der Waals surface area contributed by atoms with E-state index in [9.17, 15) is 0 Å². The highest BCUT2D eigenvalue weighted by Crippen LogP contribution is 2.30. The van der Waals surface area contributed by atoms with Gasteiger partial charge in [-0.3, -0.25) is 0 Å². The summed E-state index contributed by atoms with van der Waals surface area (Å²) in [5, 5.41) is 0.726. The highest BCUT2D eigenvalue weighted by atomic mass is 35.5. The maximum Gasteiger partial charge on any atom is 0.127 e. The molecular weight excluding hydrogens is 274 g/mol. The topological polar surface area (TPSA) is 44.5 Å². The standard InChI is InChI=1S/C16H18ClNO2/c1-19-13-7-8-14(16(10-13)20-2)15(18)9-11-3-5-12(17)6-4-11/h3-8,10,15H,9,18H2,1-2H3. The van der Waals surface area contributed by atoms with Crippen LogP contribution in [0, 0.1) is 0 Å². The Kier molecular flexibility index (Phi) is 4.88. The fraction of sp³-hybridized carbons (Fsp3) is 0.250. The van der Waals surface area contributed by atoms with Crippen LogP contribution in [-0.2, 0) is 6.42 Å². The number of hydrogen-bond donors (Lipinski definition) is 1. The van der Waals surface area contributed by atoms with Gasteiger partial charge in [0.15, 0.2) is 0 Å². The van der Waals surface area contributed by atoms with E-state index in [1.807, 2.05) is 42.5 Å². The summed E-state index contributed by atoms with van der Waals surface area (Å²) < 4.78 is 10.6. The molecule has 4 heteroatoms. The van der Waals surface area contributed by atoms with Crippen LogP contribution < -0.4 is 15.2 Å². The Morgan fingerprint density at radius 3 is 2.35 bits per heavy atom. The highest BCUT2D eigenvalue weighted by Gasteiger charge is 2.13. The number of ether oxygens (including phenoxy) is 2. The number of hydrogen-bond acceptors (Lipinski definition) is 3. The summed E-state index contributed by atoms with van der Waals surface area (Å²) in [7, 11) is 3.26. The quantitative estimate of drug-likeness (QED) is 0.915. The predicted octanol–water partition coefficient (Wildman–Crippen LogP) is 3.60. The van der Waals surface area contributed by atoms with Crippen molar-refractivity contribution in [2.75, 3.05) is 14.2 Å². The summed E-state index contributed by atoms with van der Waals surface area (Å²) in [6.45, 7) is 0. The van der Waals surface area contributed by atoms with E-state index < -0.39 is 0 Å². The van der Waals surface area contributed by atoms with E-state index >= 15 is 0 Å². The van der Waals surface area contributed by atoms with Crippen LogP contribution in [0.4, 0.5) is 0 Å². The molecule has 0 heterocycles. The molecule has 0 spiro atoms. The lowest BCUT2D eigenvalue weighted by Crippen LogP contribution is -2.14. The van der Waals surface area contributed by atoms with Crippen LogP contribution in [0.5, 0.6) is 11.5 Å². The van der Waals surface area contributed by atoms with E-state index in [1.54, 1.807) is 14.2 Å². The van der Waals surface area contributed by atoms with Gasteiger partial charge in [0, 0.05) is 22.7 Å². The van der Waals surface area contributed by atoms with Crippen molar-refractivity contribution in [2.24, 2.45) is 5.73 Å². The summed E-state index contributed by atoms with van der Waals surface area (Å²) in [6, 6.07) is 13.2. The molecule has 0 radical (unpaired) electrons. The fourth-order valence-electron chi connectivity index (χ4n) is 2.11. The zero-order valence-electron chi connectivity index (χ0n) is 11.6. The Balaban J connectivity index is 2.20. The van der Waals surface area contributed by atoms with Gasteiger partial charge in [-0.1, -0.05) is 29.8 Å². The molecule has 0 aliphatic rings. The Morgan fingerprint density at radius 2 is 1.75 bits per heavy atom. The molecule has 2 rings (SSSR count). The summed E-state index contributed by atoms with van der Waals surface area (Å²) in [5.41, 5.74) is 8.38. The molecule has 2 aromatic rings. The number of nitrogens with two attached hydrogens (primary N) is 1. The molecule has 106 valence electrons. The molecule has 2 aromatic carbocycles. The van der Waals surface area contributed by atoms with Crippen molar-refractivity contribution < 1.29 is 9.47 Å². The molecule has 0 aromatic heterocycles. The van der Waals surface area contributed by atoms with E-state index in [1.165, 1.54) is 0 Å². The molecule has 0 aliphatic carbocycles. The van der Waals surface area contributed by atoms with Crippen molar-refractivity contribution in [1.82, 2.24) is 0 Å². The first-order valence-electron chi connectivity index (χ1n) is 6.36. The summed E-state index contributed by atoms with van der Waals surface area (Å²) in [4.78, 5) is 0. The minimum absolute atomic E-state index is 0.142. The monoisotopic (exact) mass is 291 g/mol. The Morgan fingerprint density at radius 1 is 1.05 bits per heavy atom. The van der Waals surface area contributed by atoms with Crippen molar-refractivity contribution in [3.8, 4) is 11.5 Å². The van der Waals surface area contributed by atoms with Crippen LogP contribution >= 0.6 is 11.6 Å². The first-order chi connectivity index (χ1) is 9.63. The zero-order chi connectivity index (χ0) is 14.5. The van der Waals surface area contributed by atoms with Gasteiger partial charge in [-0.25, -0.2) is 0 Å². The molecule has 0 amide bonds. The van der Waals surface area contributed by atoms with Gasteiger partial charge < -0.3 is 15.2 Å². The van der Waals surface area contributed by atoms with Gasteiger partial charge in [-0.15, -0.1) is 0 Å². The third-order valence-corrected chi connectivity index (χ3v) is 3.46. The van der Waals surface area contributed by atoms with Crippen LogP contribution in [0.25, 0.3) is 0 Å². The van der Waals surface area contributed by atoms with Gasteiger partial charge in [0.2, 0.25) is 0 Å². The van der Waals surface area contributed by atoms with E-state index in [-0.39, 0.29) is 6.04 Å². The van der Waals surface area contributed by atoms with Crippen molar-refractivity contribution in [3.63, 3.8) is 0 Å². The van der Waals surface area contributed by atoms with Gasteiger partial charge in [0.05, 0.1) is 14.2 Å². The van der Waals surface area contributed by atoms with Gasteiger partial charge in [-0.05, 0) is 30.2 Å². The van der Waals surface area contributed by atoms with Crippen LogP contribution in [0.2, 0.25) is 5.02 Å². The van der Waals surface area contributed by atoms with Gasteiger partial charge in [0.25, 0.3) is 0 Å². The minimum Gasteiger partial charge on any atom is -0.497 e. The van der Waals surface area contributed by atoms with Crippen LogP contribution in [-0.4, -0.2) is 14.2 Å². The van der Waals surface area contributed by atoms with Crippen LogP contribution in [0.15, 0.2) is 42.5 Å². The normalized spacial score (nSPS) is 12.0. The SMILES string of the molecule is COc1ccc(C(N)Cc2ccc(Cl)cc2)c(OC)c1. The van der Waals surface area contributed by atoms with Crippen molar-refractivity contribution in [1.29, 1.82) is 0 Å². The van der Waals surface area contributed by atoms with E-state index in [4.69, 9.17) is 26.8 Å². The molecule has 0 aliphatic heterocycles. The number of rotatable bonds is 5. The average Bonchev–Trinajstić information content (AvgIpc) is 2.48. The lowest BCUT2D eigenvalue weighted by atomic mass is 9.99. The Bertz CT molecular complexity index is 569. The summed E-state index contributed by atoms with van der Waals surface area (Å²) in [5.74, 6) is 1.50. The summed E-state index contributed by atoms with van der Waals surface area (Å²) >= 11 is 5.88. The highest BCUT2D eigenvalue weighted by molar-refractivity contribution is 6.30. The Hall–Kier alpha value is -1.71. The third-order valence-electron chi connectivity index (χ3n) is 3.21. The number of benzene rings is 2. The van der Waals surface area contributed by atoms with Gasteiger partial charge in [-0.2, -0.15) is 0 Å².